The zero-order valence-electron chi connectivity index (χ0n) is 10.6. The molecule has 1 aliphatic rings. The summed E-state index contributed by atoms with van der Waals surface area (Å²) in [5.41, 5.74) is 2.46. The van der Waals surface area contributed by atoms with Crippen molar-refractivity contribution in [3.63, 3.8) is 0 Å². The molecule has 0 amide bonds. The van der Waals surface area contributed by atoms with Crippen LogP contribution in [0.25, 0.3) is 17.0 Å². The smallest absolute Gasteiger partial charge is 0.0462 e. The number of hydrogen-bond donors (Lipinski definition) is 1. The molecule has 0 aliphatic carbocycles. The van der Waals surface area contributed by atoms with Crippen molar-refractivity contribution in [2.75, 3.05) is 13.6 Å². The number of rotatable bonds is 2. The van der Waals surface area contributed by atoms with Gasteiger partial charge in [-0.15, -0.1) is 0 Å². The van der Waals surface area contributed by atoms with Crippen molar-refractivity contribution < 1.29 is 0 Å². The first kappa shape index (κ1) is 11.3. The fourth-order valence-electron chi connectivity index (χ4n) is 2.46. The molecule has 0 saturated carbocycles. The predicted molar refractivity (Wildman–Crippen MR) is 77.5 cm³/mol. The van der Waals surface area contributed by atoms with Crippen LogP contribution in [0.15, 0.2) is 48.7 Å². The lowest BCUT2D eigenvalue weighted by molar-refractivity contribution is 0.313. The molecule has 2 aromatic rings. The lowest BCUT2D eigenvalue weighted by Crippen LogP contribution is -2.31. The minimum Gasteiger partial charge on any atom is -0.361 e. The summed E-state index contributed by atoms with van der Waals surface area (Å²) in [4.78, 5) is 5.67. The number of nitrogens with one attached hydrogen (secondary N) is 1. The number of hydrogen-bond acceptors (Lipinski definition) is 1. The number of aromatic nitrogens is 1. The van der Waals surface area contributed by atoms with Gasteiger partial charge in [0.05, 0.1) is 0 Å². The number of likely N-dealkylation sites (N-methyl/N-ethyl adjacent to an activating group) is 1. The molecule has 1 atom stereocenters. The van der Waals surface area contributed by atoms with E-state index in [4.69, 9.17) is 0 Å². The van der Waals surface area contributed by atoms with Gasteiger partial charge in [0.15, 0.2) is 0 Å². The van der Waals surface area contributed by atoms with Gasteiger partial charge < -0.3 is 4.98 Å². The number of benzene rings is 1. The van der Waals surface area contributed by atoms with Crippen LogP contribution in [0.1, 0.15) is 12.0 Å². The van der Waals surface area contributed by atoms with Crippen molar-refractivity contribution in [1.29, 1.82) is 0 Å². The summed E-state index contributed by atoms with van der Waals surface area (Å²) in [7, 11) is 2.17. The summed E-state index contributed by atoms with van der Waals surface area (Å²) in [5, 5.41) is 1.29. The molecule has 0 unspecified atom stereocenters. The Hall–Kier alpha value is -1.80. The highest BCUT2D eigenvalue weighted by atomic mass is 15.1. The molecule has 3 rings (SSSR count). The molecular weight excluding hydrogens is 220 g/mol. The Morgan fingerprint density at radius 1 is 1.33 bits per heavy atom. The van der Waals surface area contributed by atoms with Gasteiger partial charge in [0, 0.05) is 29.7 Å². The highest BCUT2D eigenvalue weighted by molar-refractivity contribution is 5.88. The standard InChI is InChI=1S/C16H18N2/c1-18-11-5-4-6-14(18)10-9-13-12-17-16-8-3-2-7-15(13)16/h2-4,6-10,12,14,17H,5,11H2,1H3/b10-9+/t14-/m1/s1. The second-order valence-electron chi connectivity index (χ2n) is 4.84. The van der Waals surface area contributed by atoms with E-state index in [1.807, 2.05) is 0 Å². The van der Waals surface area contributed by atoms with Crippen molar-refractivity contribution in [1.82, 2.24) is 9.88 Å². The SMILES string of the molecule is CN1CCC=C[C@@H]1/C=C/c1c[nH]c2ccccc12. The van der Waals surface area contributed by atoms with E-state index in [1.54, 1.807) is 0 Å². The zero-order valence-corrected chi connectivity index (χ0v) is 10.6. The molecule has 0 fully saturated rings. The molecule has 0 radical (unpaired) electrons. The van der Waals surface area contributed by atoms with E-state index < -0.39 is 0 Å². The molecule has 2 heterocycles. The van der Waals surface area contributed by atoms with Gasteiger partial charge in [-0.25, -0.2) is 0 Å². The van der Waals surface area contributed by atoms with Gasteiger partial charge in [0.25, 0.3) is 0 Å². The number of aromatic amines is 1. The Labute approximate surface area is 108 Å². The van der Waals surface area contributed by atoms with E-state index in [-0.39, 0.29) is 0 Å². The van der Waals surface area contributed by atoms with Crippen LogP contribution in [0.5, 0.6) is 0 Å². The Morgan fingerprint density at radius 3 is 3.11 bits per heavy atom. The van der Waals surface area contributed by atoms with Gasteiger partial charge in [-0.1, -0.05) is 42.5 Å². The number of H-pyrrole nitrogens is 1. The van der Waals surface area contributed by atoms with Crippen LogP contribution < -0.4 is 0 Å². The van der Waals surface area contributed by atoms with Crippen LogP contribution in [-0.2, 0) is 0 Å². The fraction of sp³-hybridized carbons (Fsp3) is 0.250. The zero-order chi connectivity index (χ0) is 12.4. The van der Waals surface area contributed by atoms with E-state index in [0.29, 0.717) is 6.04 Å². The van der Waals surface area contributed by atoms with Gasteiger partial charge in [0.2, 0.25) is 0 Å². The highest BCUT2D eigenvalue weighted by Gasteiger charge is 2.10. The van der Waals surface area contributed by atoms with Crippen LogP contribution in [0.3, 0.4) is 0 Å². The van der Waals surface area contributed by atoms with Gasteiger partial charge in [0.1, 0.15) is 0 Å². The normalized spacial score (nSPS) is 21.1. The maximum atomic E-state index is 3.30. The first-order valence-electron chi connectivity index (χ1n) is 6.46. The van der Waals surface area contributed by atoms with Crippen molar-refractivity contribution in [2.45, 2.75) is 12.5 Å². The van der Waals surface area contributed by atoms with E-state index >= 15 is 0 Å². The molecule has 1 aromatic heterocycles. The topological polar surface area (TPSA) is 19.0 Å². The van der Waals surface area contributed by atoms with E-state index in [0.717, 1.165) is 13.0 Å². The number of para-hydroxylation sites is 1. The average molecular weight is 238 g/mol. The highest BCUT2D eigenvalue weighted by Crippen LogP contribution is 2.20. The molecule has 2 heteroatoms. The van der Waals surface area contributed by atoms with Crippen molar-refractivity contribution >= 4 is 17.0 Å². The van der Waals surface area contributed by atoms with Crippen LogP contribution >= 0.6 is 0 Å². The maximum Gasteiger partial charge on any atom is 0.0462 e. The summed E-state index contributed by atoms with van der Waals surface area (Å²) in [5.74, 6) is 0. The fourth-order valence-corrected chi connectivity index (χ4v) is 2.46. The maximum absolute atomic E-state index is 3.30. The van der Waals surface area contributed by atoms with Crippen LogP contribution in [0, 0.1) is 0 Å². The van der Waals surface area contributed by atoms with Crippen molar-refractivity contribution in [3.8, 4) is 0 Å². The van der Waals surface area contributed by atoms with Gasteiger partial charge in [-0.05, 0) is 25.1 Å². The third-order valence-corrected chi connectivity index (χ3v) is 3.58. The Balaban J connectivity index is 1.87. The van der Waals surface area contributed by atoms with E-state index in [9.17, 15) is 0 Å². The van der Waals surface area contributed by atoms with Gasteiger partial charge >= 0.3 is 0 Å². The molecule has 1 aromatic carbocycles. The molecule has 2 nitrogen and oxygen atoms in total. The van der Waals surface area contributed by atoms with Gasteiger partial charge in [-0.3, -0.25) is 4.90 Å². The summed E-state index contributed by atoms with van der Waals surface area (Å²) < 4.78 is 0. The molecule has 0 bridgehead atoms. The molecule has 0 spiro atoms. The van der Waals surface area contributed by atoms with Crippen LogP contribution in [0.2, 0.25) is 0 Å². The second-order valence-corrected chi connectivity index (χ2v) is 4.84. The Morgan fingerprint density at radius 2 is 2.22 bits per heavy atom. The molecule has 18 heavy (non-hydrogen) atoms. The third kappa shape index (κ3) is 2.12. The van der Waals surface area contributed by atoms with E-state index in [1.165, 1.54) is 16.5 Å². The number of nitrogens with zero attached hydrogens (tertiary/aromatic N) is 1. The van der Waals surface area contributed by atoms with Crippen LogP contribution in [0.4, 0.5) is 0 Å². The summed E-state index contributed by atoms with van der Waals surface area (Å²) >= 11 is 0. The lowest BCUT2D eigenvalue weighted by Gasteiger charge is -2.25. The Kier molecular flexibility index (Phi) is 3.03. The first-order chi connectivity index (χ1) is 8.84. The molecule has 1 N–H and O–H groups in total. The second kappa shape index (κ2) is 4.83. The van der Waals surface area contributed by atoms with Crippen molar-refractivity contribution in [2.24, 2.45) is 0 Å². The first-order valence-corrected chi connectivity index (χ1v) is 6.46. The predicted octanol–water partition coefficient (Wildman–Crippen LogP) is 3.44. The molecular formula is C16H18N2. The molecule has 92 valence electrons. The van der Waals surface area contributed by atoms with Crippen LogP contribution in [-0.4, -0.2) is 29.5 Å². The van der Waals surface area contributed by atoms with Crippen molar-refractivity contribution in [3.05, 3.63) is 54.3 Å². The summed E-state index contributed by atoms with van der Waals surface area (Å²) in [6.45, 7) is 1.14. The minimum atomic E-state index is 0.424. The largest absolute Gasteiger partial charge is 0.361 e. The third-order valence-electron chi connectivity index (χ3n) is 3.58. The molecule has 0 saturated heterocycles. The van der Waals surface area contributed by atoms with E-state index in [2.05, 4.69) is 71.7 Å². The lowest BCUT2D eigenvalue weighted by atomic mass is 10.1. The average Bonchev–Trinajstić information content (AvgIpc) is 2.81. The molecule has 1 aliphatic heterocycles. The Bertz CT molecular complexity index is 592. The summed E-state index contributed by atoms with van der Waals surface area (Å²) in [6.07, 6.45) is 12.3. The van der Waals surface area contributed by atoms with Gasteiger partial charge in [-0.2, -0.15) is 0 Å². The monoisotopic (exact) mass is 238 g/mol. The number of fused-ring (bicyclic) bond motifs is 1. The minimum absolute atomic E-state index is 0.424. The quantitative estimate of drug-likeness (QED) is 0.794. The summed E-state index contributed by atoms with van der Waals surface area (Å²) in [6, 6.07) is 8.84.